The number of fused-ring (bicyclic) bond motifs is 1. The Labute approximate surface area is 146 Å². The molecule has 0 aliphatic carbocycles. The first-order chi connectivity index (χ1) is 12.0. The summed E-state index contributed by atoms with van der Waals surface area (Å²) in [6, 6.07) is 13.1. The van der Waals surface area contributed by atoms with E-state index in [4.69, 9.17) is 19.2 Å². The molecule has 6 nitrogen and oxygen atoms in total. The van der Waals surface area contributed by atoms with Gasteiger partial charge in [0, 0.05) is 11.3 Å². The number of hydroxylamine groups is 2. The van der Waals surface area contributed by atoms with Crippen molar-refractivity contribution in [3.05, 3.63) is 53.0 Å². The molecule has 1 aliphatic heterocycles. The topological polar surface area (TPSA) is 63.5 Å². The van der Waals surface area contributed by atoms with Crippen LogP contribution in [0.4, 0.5) is 0 Å². The Morgan fingerprint density at radius 1 is 1.08 bits per heavy atom. The average molecular weight is 342 g/mol. The first-order valence-corrected chi connectivity index (χ1v) is 7.98. The average Bonchev–Trinajstić information content (AvgIpc) is 2.64. The number of hydrogen-bond donors (Lipinski definition) is 1. The molecule has 1 atom stereocenters. The molecule has 1 heterocycles. The molecule has 132 valence electrons. The van der Waals surface area contributed by atoms with Gasteiger partial charge >= 0.3 is 0 Å². The zero-order chi connectivity index (χ0) is 18.0. The van der Waals surface area contributed by atoms with E-state index >= 15 is 0 Å². The molecular weight excluding hydrogens is 320 g/mol. The Bertz CT molecular complexity index is 882. The number of rotatable bonds is 5. The van der Waals surface area contributed by atoms with E-state index in [0.717, 1.165) is 21.4 Å². The molecule has 0 amide bonds. The third-order valence-electron chi connectivity index (χ3n) is 4.28. The van der Waals surface area contributed by atoms with Crippen molar-refractivity contribution < 1.29 is 19.4 Å². The SMILES string of the molecule is COc1cc2c(cc1OC)=C(C)N(O)C(C)(COc1ccccc1)N=2. The lowest BCUT2D eigenvalue weighted by Crippen LogP contribution is -2.54. The lowest BCUT2D eigenvalue weighted by Gasteiger charge is -2.37. The third kappa shape index (κ3) is 3.13. The second kappa shape index (κ2) is 6.64. The molecule has 0 spiro atoms. The number of benzene rings is 2. The summed E-state index contributed by atoms with van der Waals surface area (Å²) in [7, 11) is 3.16. The monoisotopic (exact) mass is 342 g/mol. The van der Waals surface area contributed by atoms with Crippen LogP contribution >= 0.6 is 0 Å². The van der Waals surface area contributed by atoms with E-state index in [1.165, 1.54) is 0 Å². The summed E-state index contributed by atoms with van der Waals surface area (Å²) in [5.41, 5.74) is -0.280. The van der Waals surface area contributed by atoms with Crippen LogP contribution in [0.5, 0.6) is 17.2 Å². The number of methoxy groups -OCH3 is 2. The third-order valence-corrected chi connectivity index (χ3v) is 4.28. The Morgan fingerprint density at radius 3 is 2.36 bits per heavy atom. The number of nitrogens with zero attached hydrogens (tertiary/aromatic N) is 2. The number of hydrogen-bond acceptors (Lipinski definition) is 6. The van der Waals surface area contributed by atoms with Crippen molar-refractivity contribution in [3.63, 3.8) is 0 Å². The predicted molar refractivity (Wildman–Crippen MR) is 93.4 cm³/mol. The molecule has 1 N–H and O–H groups in total. The summed E-state index contributed by atoms with van der Waals surface area (Å²) < 4.78 is 16.5. The van der Waals surface area contributed by atoms with Crippen LogP contribution in [0.15, 0.2) is 47.5 Å². The summed E-state index contributed by atoms with van der Waals surface area (Å²) in [5.74, 6) is 1.91. The highest BCUT2D eigenvalue weighted by Gasteiger charge is 2.35. The fourth-order valence-corrected chi connectivity index (χ4v) is 2.86. The molecule has 0 radical (unpaired) electrons. The molecule has 2 aromatic rings. The Kier molecular flexibility index (Phi) is 4.55. The molecule has 1 unspecified atom stereocenters. The highest BCUT2D eigenvalue weighted by atomic mass is 16.5. The van der Waals surface area contributed by atoms with E-state index in [-0.39, 0.29) is 6.61 Å². The van der Waals surface area contributed by atoms with E-state index < -0.39 is 5.66 Å². The van der Waals surface area contributed by atoms with Crippen LogP contribution in [-0.2, 0) is 0 Å². The minimum atomic E-state index is -0.952. The fourth-order valence-electron chi connectivity index (χ4n) is 2.86. The summed E-state index contributed by atoms with van der Waals surface area (Å²) in [6.45, 7) is 3.85. The van der Waals surface area contributed by atoms with Crippen LogP contribution < -0.4 is 24.8 Å². The Morgan fingerprint density at radius 2 is 1.72 bits per heavy atom. The van der Waals surface area contributed by atoms with Crippen LogP contribution in [0.1, 0.15) is 13.8 Å². The second-order valence-corrected chi connectivity index (χ2v) is 6.05. The van der Waals surface area contributed by atoms with Gasteiger partial charge in [-0.2, -0.15) is 0 Å². The quantitative estimate of drug-likeness (QED) is 0.900. The van der Waals surface area contributed by atoms with Crippen molar-refractivity contribution in [1.82, 2.24) is 5.06 Å². The van der Waals surface area contributed by atoms with Crippen molar-refractivity contribution in [2.45, 2.75) is 19.5 Å². The van der Waals surface area contributed by atoms with Gasteiger partial charge < -0.3 is 14.2 Å². The van der Waals surface area contributed by atoms with Crippen LogP contribution in [0, 0.1) is 0 Å². The molecule has 25 heavy (non-hydrogen) atoms. The van der Waals surface area contributed by atoms with Gasteiger partial charge in [-0.15, -0.1) is 0 Å². The maximum atomic E-state index is 10.7. The van der Waals surface area contributed by atoms with Gasteiger partial charge in [-0.25, -0.2) is 5.06 Å². The normalized spacial score (nSPS) is 19.1. The largest absolute Gasteiger partial charge is 0.493 e. The van der Waals surface area contributed by atoms with Gasteiger partial charge in [-0.05, 0) is 32.0 Å². The van der Waals surface area contributed by atoms with Crippen molar-refractivity contribution >= 4 is 5.70 Å². The lowest BCUT2D eigenvalue weighted by molar-refractivity contribution is -0.127. The van der Waals surface area contributed by atoms with E-state index in [1.807, 2.05) is 56.3 Å². The maximum absolute atomic E-state index is 10.7. The van der Waals surface area contributed by atoms with Gasteiger partial charge in [0.05, 0.1) is 25.3 Å². The van der Waals surface area contributed by atoms with Gasteiger partial charge in [-0.3, -0.25) is 10.2 Å². The second-order valence-electron chi connectivity index (χ2n) is 6.05. The number of para-hydroxylation sites is 1. The minimum Gasteiger partial charge on any atom is -0.493 e. The zero-order valence-corrected chi connectivity index (χ0v) is 14.8. The van der Waals surface area contributed by atoms with Crippen LogP contribution in [-0.4, -0.2) is 36.8 Å². The summed E-state index contributed by atoms with van der Waals surface area (Å²) in [6.07, 6.45) is 0. The number of ether oxygens (including phenoxy) is 3. The van der Waals surface area contributed by atoms with E-state index in [2.05, 4.69) is 0 Å². The van der Waals surface area contributed by atoms with Crippen LogP contribution in [0.25, 0.3) is 5.70 Å². The van der Waals surface area contributed by atoms with Gasteiger partial charge in [0.2, 0.25) is 0 Å². The van der Waals surface area contributed by atoms with E-state index in [0.29, 0.717) is 17.2 Å². The van der Waals surface area contributed by atoms with Crippen molar-refractivity contribution in [2.24, 2.45) is 4.99 Å². The van der Waals surface area contributed by atoms with Crippen LogP contribution in [0.2, 0.25) is 0 Å². The standard InChI is InChI=1S/C19H22N2O4/c1-13-15-10-17(23-3)18(24-4)11-16(15)20-19(2,21(13)22)12-25-14-8-6-5-7-9-14/h5-11,22H,12H2,1-4H3. The first-order valence-electron chi connectivity index (χ1n) is 7.98. The Balaban J connectivity index is 2.02. The lowest BCUT2D eigenvalue weighted by atomic mass is 10.1. The smallest absolute Gasteiger partial charge is 0.187 e. The summed E-state index contributed by atoms with van der Waals surface area (Å²) in [4.78, 5) is 4.70. The molecule has 0 fully saturated rings. The molecule has 1 aliphatic rings. The first kappa shape index (κ1) is 17.1. The Hall–Kier alpha value is -2.73. The molecule has 6 heteroatoms. The van der Waals surface area contributed by atoms with Crippen molar-refractivity contribution in [3.8, 4) is 17.2 Å². The van der Waals surface area contributed by atoms with Crippen molar-refractivity contribution in [1.29, 1.82) is 0 Å². The van der Waals surface area contributed by atoms with Gasteiger partial charge in [0.25, 0.3) is 0 Å². The van der Waals surface area contributed by atoms with Crippen molar-refractivity contribution in [2.75, 3.05) is 20.8 Å². The molecule has 0 bridgehead atoms. The summed E-state index contributed by atoms with van der Waals surface area (Å²) in [5, 5.41) is 13.3. The summed E-state index contributed by atoms with van der Waals surface area (Å²) >= 11 is 0. The molecule has 3 rings (SSSR count). The van der Waals surface area contributed by atoms with Gasteiger partial charge in [0.15, 0.2) is 17.2 Å². The fraction of sp³-hybridized carbons (Fsp3) is 0.316. The predicted octanol–water partition coefficient (Wildman–Crippen LogP) is 1.95. The highest BCUT2D eigenvalue weighted by molar-refractivity contribution is 5.48. The molecule has 0 aromatic heterocycles. The molecule has 0 saturated carbocycles. The van der Waals surface area contributed by atoms with Gasteiger partial charge in [-0.1, -0.05) is 18.2 Å². The molecule has 2 aromatic carbocycles. The molecule has 0 saturated heterocycles. The van der Waals surface area contributed by atoms with E-state index in [1.54, 1.807) is 14.2 Å². The zero-order valence-electron chi connectivity index (χ0n) is 14.8. The molecular formula is C19H22N2O4. The van der Waals surface area contributed by atoms with Gasteiger partial charge in [0.1, 0.15) is 12.4 Å². The maximum Gasteiger partial charge on any atom is 0.187 e. The minimum absolute atomic E-state index is 0.193. The van der Waals surface area contributed by atoms with E-state index in [9.17, 15) is 5.21 Å². The highest BCUT2D eigenvalue weighted by Crippen LogP contribution is 2.26. The van der Waals surface area contributed by atoms with Crippen LogP contribution in [0.3, 0.4) is 0 Å².